The van der Waals surface area contributed by atoms with E-state index < -0.39 is 12.1 Å². The summed E-state index contributed by atoms with van der Waals surface area (Å²) in [7, 11) is 3.91. The van der Waals surface area contributed by atoms with Gasteiger partial charge in [-0.3, -0.25) is 14.4 Å². The van der Waals surface area contributed by atoms with Crippen LogP contribution in [0.1, 0.15) is 41.6 Å². The first-order valence-corrected chi connectivity index (χ1v) is 10.4. The Morgan fingerprint density at radius 3 is 2.31 bits per heavy atom. The molecule has 0 aromatic carbocycles. The number of halogens is 3. The molecule has 1 amide bonds. The van der Waals surface area contributed by atoms with Gasteiger partial charge in [0.05, 0.1) is 11.8 Å². The van der Waals surface area contributed by atoms with Crippen LogP contribution in [0.2, 0.25) is 0 Å². The Morgan fingerprint density at radius 1 is 1.22 bits per heavy atom. The van der Waals surface area contributed by atoms with Crippen molar-refractivity contribution in [3.05, 3.63) is 42.0 Å². The van der Waals surface area contributed by atoms with E-state index in [0.29, 0.717) is 11.5 Å². The average Bonchev–Trinajstić information content (AvgIpc) is 3.33. The molecule has 1 atom stereocenters. The Kier molecular flexibility index (Phi) is 6.97. The minimum absolute atomic E-state index is 0.0717. The Bertz CT molecular complexity index is 945. The van der Waals surface area contributed by atoms with E-state index in [9.17, 15) is 18.0 Å². The van der Waals surface area contributed by atoms with Crippen LogP contribution in [-0.4, -0.2) is 61.5 Å². The molecule has 2 aromatic heterocycles. The lowest BCUT2D eigenvalue weighted by Gasteiger charge is -2.54. The number of amides is 1. The summed E-state index contributed by atoms with van der Waals surface area (Å²) in [5.74, 6) is -2.69. The predicted molar refractivity (Wildman–Crippen MR) is 110 cm³/mol. The second-order valence-electron chi connectivity index (χ2n) is 8.59. The minimum Gasteiger partial charge on any atom is -0.475 e. The Morgan fingerprint density at radius 2 is 1.88 bits per heavy atom. The van der Waals surface area contributed by atoms with Gasteiger partial charge in [0.15, 0.2) is 0 Å². The number of nitrogens with one attached hydrogen (secondary N) is 1. The van der Waals surface area contributed by atoms with Gasteiger partial charge in [-0.15, -0.1) is 0 Å². The van der Waals surface area contributed by atoms with Crippen LogP contribution >= 0.6 is 0 Å². The molecule has 2 aromatic rings. The van der Waals surface area contributed by atoms with Gasteiger partial charge in [-0.25, -0.2) is 4.79 Å². The minimum atomic E-state index is -5.08. The van der Waals surface area contributed by atoms with Crippen LogP contribution in [0.4, 0.5) is 13.2 Å². The van der Waals surface area contributed by atoms with Gasteiger partial charge in [-0.2, -0.15) is 18.3 Å². The normalized spacial score (nSPS) is 20.2. The second kappa shape index (κ2) is 9.35. The second-order valence-corrected chi connectivity index (χ2v) is 8.59. The Balaban J connectivity index is 0.000000360. The molecule has 1 saturated carbocycles. The Labute approximate surface area is 184 Å². The van der Waals surface area contributed by atoms with Crippen molar-refractivity contribution >= 4 is 11.9 Å². The van der Waals surface area contributed by atoms with E-state index in [4.69, 9.17) is 9.90 Å². The number of hydrogen-bond acceptors (Lipinski definition) is 4. The van der Waals surface area contributed by atoms with Crippen LogP contribution < -0.4 is 5.32 Å². The molecule has 1 spiro atoms. The van der Waals surface area contributed by atoms with Gasteiger partial charge >= 0.3 is 12.1 Å². The van der Waals surface area contributed by atoms with Gasteiger partial charge in [-0.1, -0.05) is 0 Å². The summed E-state index contributed by atoms with van der Waals surface area (Å²) in [6, 6.07) is 2.22. The quantitative estimate of drug-likeness (QED) is 0.740. The van der Waals surface area contributed by atoms with E-state index in [-0.39, 0.29) is 5.91 Å². The topological polar surface area (TPSA) is 92.4 Å². The van der Waals surface area contributed by atoms with E-state index >= 15 is 0 Å². The number of likely N-dealkylation sites (tertiary alicyclic amines) is 1. The number of alkyl halides is 3. The molecule has 1 unspecified atom stereocenters. The van der Waals surface area contributed by atoms with Crippen LogP contribution in [0.25, 0.3) is 0 Å². The summed E-state index contributed by atoms with van der Waals surface area (Å²) < 4.78 is 35.5. The van der Waals surface area contributed by atoms with Crippen LogP contribution in [0.5, 0.6) is 0 Å². The lowest BCUT2D eigenvalue weighted by atomic mass is 9.59. The maximum absolute atomic E-state index is 12.5. The largest absolute Gasteiger partial charge is 0.490 e. The van der Waals surface area contributed by atoms with Crippen molar-refractivity contribution in [3.63, 3.8) is 0 Å². The summed E-state index contributed by atoms with van der Waals surface area (Å²) in [6.45, 7) is 3.18. The number of carbonyl (C=O) groups is 2. The predicted octanol–water partition coefficient (Wildman–Crippen LogP) is 2.57. The van der Waals surface area contributed by atoms with Crippen LogP contribution in [0.15, 0.2) is 30.9 Å². The van der Waals surface area contributed by atoms with Crippen molar-refractivity contribution in [1.82, 2.24) is 24.6 Å². The lowest BCUT2D eigenvalue weighted by molar-refractivity contribution is -0.192. The van der Waals surface area contributed by atoms with E-state index in [0.717, 1.165) is 31.6 Å². The molecule has 3 heterocycles. The zero-order valence-electron chi connectivity index (χ0n) is 18.1. The van der Waals surface area contributed by atoms with Crippen molar-refractivity contribution in [2.75, 3.05) is 13.1 Å². The lowest BCUT2D eigenvalue weighted by Crippen LogP contribution is -2.59. The molecule has 2 fully saturated rings. The molecule has 0 radical (unpaired) electrons. The summed E-state index contributed by atoms with van der Waals surface area (Å²) in [4.78, 5) is 23.9. The average molecular weight is 455 g/mol. The molecule has 1 saturated heterocycles. The van der Waals surface area contributed by atoms with Crippen LogP contribution in [-0.2, 0) is 25.4 Å². The molecular weight excluding hydrogens is 427 g/mol. The molecule has 2 aliphatic rings. The molecule has 4 rings (SSSR count). The maximum atomic E-state index is 12.5. The summed E-state index contributed by atoms with van der Waals surface area (Å²) >= 11 is 0. The first kappa shape index (κ1) is 23.8. The van der Waals surface area contributed by atoms with Crippen molar-refractivity contribution < 1.29 is 27.9 Å². The summed E-state index contributed by atoms with van der Waals surface area (Å²) in [5, 5.41) is 14.7. The highest BCUT2D eigenvalue weighted by Crippen LogP contribution is 2.49. The van der Waals surface area contributed by atoms with Gasteiger partial charge in [0.25, 0.3) is 5.91 Å². The number of carbonyl (C=O) groups excluding carboxylic acids is 1. The van der Waals surface area contributed by atoms with Crippen molar-refractivity contribution in [1.29, 1.82) is 0 Å². The molecule has 11 heteroatoms. The molecule has 8 nitrogen and oxygen atoms in total. The number of aromatic nitrogens is 3. The molecule has 2 N–H and O–H groups in total. The number of piperidine rings is 1. The van der Waals surface area contributed by atoms with Gasteiger partial charge < -0.3 is 15.0 Å². The molecule has 176 valence electrons. The standard InChI is InChI=1S/C19H27N5O.C2HF3O2/c1-22-8-4-16(14-22)18(25)21-17-3-5-19(17)6-9-24(10-7-19)13-15-11-20-23(2)12-15;3-2(4,5)1(6)7/h4,8,11-12,14,17H,3,5-7,9-10,13H2,1-2H3,(H,21,25);(H,6,7). The molecule has 32 heavy (non-hydrogen) atoms. The fourth-order valence-corrected chi connectivity index (χ4v) is 4.37. The molecule has 0 bridgehead atoms. The number of carboxylic acid groups (broad SMARTS) is 1. The van der Waals surface area contributed by atoms with Crippen LogP contribution in [0, 0.1) is 5.41 Å². The van der Waals surface area contributed by atoms with Crippen LogP contribution in [0.3, 0.4) is 0 Å². The zero-order valence-corrected chi connectivity index (χ0v) is 18.1. The first-order valence-electron chi connectivity index (χ1n) is 10.4. The smallest absolute Gasteiger partial charge is 0.475 e. The van der Waals surface area contributed by atoms with Gasteiger partial charge in [0.2, 0.25) is 0 Å². The number of aryl methyl sites for hydroxylation is 2. The van der Waals surface area contributed by atoms with E-state index in [1.165, 1.54) is 24.8 Å². The summed E-state index contributed by atoms with van der Waals surface area (Å²) in [5.41, 5.74) is 2.36. The van der Waals surface area contributed by atoms with E-state index in [2.05, 4.69) is 21.5 Å². The third-order valence-corrected chi connectivity index (χ3v) is 6.33. The summed E-state index contributed by atoms with van der Waals surface area (Å²) in [6.07, 6.45) is 7.47. The molecular formula is C21H28F3N5O3. The van der Waals surface area contributed by atoms with Gasteiger partial charge in [-0.05, 0) is 50.3 Å². The number of rotatable bonds is 4. The van der Waals surface area contributed by atoms with Gasteiger partial charge in [0.1, 0.15) is 0 Å². The van der Waals surface area contributed by atoms with Crippen molar-refractivity contribution in [3.8, 4) is 0 Å². The molecule has 1 aliphatic carbocycles. The highest BCUT2D eigenvalue weighted by atomic mass is 19.4. The Hall–Kier alpha value is -2.82. The number of nitrogens with zero attached hydrogens (tertiary/aromatic N) is 4. The monoisotopic (exact) mass is 455 g/mol. The third kappa shape index (κ3) is 5.70. The maximum Gasteiger partial charge on any atom is 0.490 e. The first-order chi connectivity index (χ1) is 15.0. The molecule has 1 aliphatic heterocycles. The highest BCUT2D eigenvalue weighted by molar-refractivity contribution is 5.94. The van der Waals surface area contributed by atoms with E-state index in [1.54, 1.807) is 0 Å². The zero-order chi connectivity index (χ0) is 23.5. The fourth-order valence-electron chi connectivity index (χ4n) is 4.37. The van der Waals surface area contributed by atoms with Gasteiger partial charge in [0, 0.05) is 50.8 Å². The van der Waals surface area contributed by atoms with Crippen molar-refractivity contribution in [2.24, 2.45) is 19.5 Å². The fraction of sp³-hybridized carbons (Fsp3) is 0.571. The third-order valence-electron chi connectivity index (χ3n) is 6.33. The number of aliphatic carboxylic acids is 1. The SMILES string of the molecule is Cn1ccc(C(=O)NC2CCC23CCN(Cc2cnn(C)c2)CC3)c1.O=C(O)C(F)(F)F. The number of carboxylic acids is 1. The highest BCUT2D eigenvalue weighted by Gasteiger charge is 2.48. The van der Waals surface area contributed by atoms with Crippen molar-refractivity contribution in [2.45, 2.75) is 44.4 Å². The number of hydrogen-bond donors (Lipinski definition) is 2. The van der Waals surface area contributed by atoms with E-state index in [1.807, 2.05) is 48.0 Å².